The smallest absolute Gasteiger partial charge is 0.287 e. The summed E-state index contributed by atoms with van der Waals surface area (Å²) in [5.41, 5.74) is -4.49. The van der Waals surface area contributed by atoms with Gasteiger partial charge in [0, 0.05) is 18.6 Å². The van der Waals surface area contributed by atoms with Gasteiger partial charge in [0.1, 0.15) is 11.5 Å². The first-order valence-corrected chi connectivity index (χ1v) is 7.17. The van der Waals surface area contributed by atoms with E-state index in [4.69, 9.17) is 4.74 Å². The zero-order valence-corrected chi connectivity index (χ0v) is 13.2. The maximum Gasteiger partial charge on any atom is 0.287 e. The molecule has 142 valence electrons. The molecule has 1 aliphatic rings. The van der Waals surface area contributed by atoms with Crippen LogP contribution >= 0.6 is 0 Å². The summed E-state index contributed by atoms with van der Waals surface area (Å²) in [5, 5.41) is 23.5. The summed E-state index contributed by atoms with van der Waals surface area (Å²) < 4.78 is 56.8. The Labute approximate surface area is 143 Å². The van der Waals surface area contributed by atoms with Crippen molar-refractivity contribution in [2.45, 2.75) is 38.0 Å². The number of benzene rings is 1. The third kappa shape index (κ3) is 3.74. The number of halogens is 4. The monoisotopic (exact) mass is 379 g/mol. The lowest BCUT2D eigenvalue weighted by Gasteiger charge is -2.31. The molecule has 1 heterocycles. The number of aliphatic hydroxyl groups is 1. The average molecular weight is 379 g/mol. The molecule has 0 spiro atoms. The molecular weight excluding hydrogens is 366 g/mol. The molecule has 1 N–H and O–H groups in total. The molecule has 2 rings (SSSR count). The zero-order valence-electron chi connectivity index (χ0n) is 13.2. The summed E-state index contributed by atoms with van der Waals surface area (Å²) in [6.45, 7) is 1.13. The molecule has 12 heteroatoms. The minimum Gasteiger partial charge on any atom is -0.481 e. The molecule has 1 aliphatic heterocycles. The van der Waals surface area contributed by atoms with Crippen LogP contribution in [0.25, 0.3) is 0 Å². The van der Waals surface area contributed by atoms with Crippen molar-refractivity contribution in [2.24, 2.45) is 5.10 Å². The third-order valence-corrected chi connectivity index (χ3v) is 3.55. The van der Waals surface area contributed by atoms with Gasteiger partial charge in [-0.05, 0) is 19.1 Å². The van der Waals surface area contributed by atoms with Crippen molar-refractivity contribution >= 4 is 17.3 Å². The average Bonchev–Trinajstić information content (AvgIpc) is 2.94. The van der Waals surface area contributed by atoms with Crippen molar-refractivity contribution in [1.82, 2.24) is 5.01 Å². The van der Waals surface area contributed by atoms with E-state index in [1.165, 1.54) is 12.1 Å². The molecule has 0 saturated heterocycles. The Kier molecular flexibility index (Phi) is 5.44. The fourth-order valence-electron chi connectivity index (χ4n) is 2.20. The van der Waals surface area contributed by atoms with E-state index in [1.807, 2.05) is 0 Å². The van der Waals surface area contributed by atoms with Gasteiger partial charge in [-0.1, -0.05) is 0 Å². The van der Waals surface area contributed by atoms with E-state index in [1.54, 1.807) is 0 Å². The highest BCUT2D eigenvalue weighted by atomic mass is 19.3. The Morgan fingerprint density at radius 3 is 2.38 bits per heavy atom. The van der Waals surface area contributed by atoms with Crippen LogP contribution in [0, 0.1) is 10.1 Å². The van der Waals surface area contributed by atoms with Crippen molar-refractivity contribution in [2.75, 3.05) is 0 Å². The van der Waals surface area contributed by atoms with Crippen LogP contribution in [0.15, 0.2) is 29.4 Å². The lowest BCUT2D eigenvalue weighted by Crippen LogP contribution is -2.54. The standard InChI is InChI=1S/C14H13F4N3O5/c1-7(26-9-4-2-8(3-5-9)21(24)25)12(22)20-14(23,13(17)18)6-10(19-20)11(15)16/h2-5,7,11,13,23H,6H2,1H3/t7-,14-/m1/s1. The van der Waals surface area contributed by atoms with Gasteiger partial charge in [-0.15, -0.1) is 0 Å². The van der Waals surface area contributed by atoms with Gasteiger partial charge < -0.3 is 9.84 Å². The molecule has 0 bridgehead atoms. The van der Waals surface area contributed by atoms with Crippen LogP contribution in [0.1, 0.15) is 13.3 Å². The van der Waals surface area contributed by atoms with E-state index in [-0.39, 0.29) is 16.4 Å². The number of ether oxygens (including phenoxy) is 1. The van der Waals surface area contributed by atoms with Crippen LogP contribution in [0.2, 0.25) is 0 Å². The number of amides is 1. The van der Waals surface area contributed by atoms with E-state index in [0.717, 1.165) is 19.1 Å². The Morgan fingerprint density at radius 2 is 1.92 bits per heavy atom. The highest BCUT2D eigenvalue weighted by molar-refractivity contribution is 5.93. The molecule has 2 atom stereocenters. The Balaban J connectivity index is 2.18. The first-order valence-electron chi connectivity index (χ1n) is 7.17. The predicted octanol–water partition coefficient (Wildman–Crippen LogP) is 2.17. The second-order valence-corrected chi connectivity index (χ2v) is 5.41. The van der Waals surface area contributed by atoms with Crippen molar-refractivity contribution in [3.63, 3.8) is 0 Å². The molecule has 0 aromatic heterocycles. The Hall–Kier alpha value is -2.76. The molecule has 1 amide bonds. The molecule has 0 saturated carbocycles. The molecular formula is C14H13F4N3O5. The fourth-order valence-corrected chi connectivity index (χ4v) is 2.20. The summed E-state index contributed by atoms with van der Waals surface area (Å²) in [6.07, 6.45) is -9.44. The number of carbonyl (C=O) groups is 1. The van der Waals surface area contributed by atoms with Gasteiger partial charge in [0.15, 0.2) is 6.10 Å². The summed E-state index contributed by atoms with van der Waals surface area (Å²) in [4.78, 5) is 22.2. The Bertz CT molecular complexity index is 728. The molecule has 8 nitrogen and oxygen atoms in total. The van der Waals surface area contributed by atoms with Gasteiger partial charge in [0.25, 0.3) is 24.4 Å². The number of hydrogen-bond donors (Lipinski definition) is 1. The molecule has 0 unspecified atom stereocenters. The number of rotatable bonds is 6. The largest absolute Gasteiger partial charge is 0.481 e. The van der Waals surface area contributed by atoms with Gasteiger partial charge in [-0.3, -0.25) is 14.9 Å². The first-order chi connectivity index (χ1) is 12.1. The second-order valence-electron chi connectivity index (χ2n) is 5.41. The van der Waals surface area contributed by atoms with E-state index in [2.05, 4.69) is 5.10 Å². The molecule has 0 radical (unpaired) electrons. The minimum atomic E-state index is -3.54. The van der Waals surface area contributed by atoms with Crippen LogP contribution in [-0.4, -0.2) is 51.3 Å². The third-order valence-electron chi connectivity index (χ3n) is 3.55. The quantitative estimate of drug-likeness (QED) is 0.463. The SMILES string of the molecule is C[C@@H](Oc1ccc([N+](=O)[O-])cc1)C(=O)N1N=C(C(F)F)C[C@@]1(O)C(F)F. The lowest BCUT2D eigenvalue weighted by atomic mass is 10.1. The van der Waals surface area contributed by atoms with Gasteiger partial charge in [-0.2, -0.15) is 10.1 Å². The first kappa shape index (κ1) is 19.6. The van der Waals surface area contributed by atoms with Gasteiger partial charge in [0.2, 0.25) is 5.72 Å². The predicted molar refractivity (Wildman–Crippen MR) is 79.0 cm³/mol. The van der Waals surface area contributed by atoms with Crippen LogP contribution in [0.4, 0.5) is 23.2 Å². The number of carbonyl (C=O) groups excluding carboxylic acids is 1. The van der Waals surface area contributed by atoms with E-state index < -0.39 is 47.6 Å². The van der Waals surface area contributed by atoms with Gasteiger partial charge in [0.05, 0.1) is 4.92 Å². The summed E-state index contributed by atoms with van der Waals surface area (Å²) >= 11 is 0. The second kappa shape index (κ2) is 7.23. The summed E-state index contributed by atoms with van der Waals surface area (Å²) in [7, 11) is 0. The van der Waals surface area contributed by atoms with Crippen molar-refractivity contribution in [1.29, 1.82) is 0 Å². The molecule has 1 aromatic carbocycles. The molecule has 26 heavy (non-hydrogen) atoms. The summed E-state index contributed by atoms with van der Waals surface area (Å²) in [5.74, 6) is -1.28. The molecule has 0 aliphatic carbocycles. The topological polar surface area (TPSA) is 105 Å². The maximum atomic E-state index is 13.1. The van der Waals surface area contributed by atoms with E-state index in [0.29, 0.717) is 0 Å². The maximum absolute atomic E-state index is 13.1. The highest BCUT2D eigenvalue weighted by Crippen LogP contribution is 2.34. The summed E-state index contributed by atoms with van der Waals surface area (Å²) in [6, 6.07) is 4.51. The Morgan fingerprint density at radius 1 is 1.35 bits per heavy atom. The number of hydrogen-bond acceptors (Lipinski definition) is 6. The normalized spacial score (nSPS) is 21.1. The van der Waals surface area contributed by atoms with E-state index >= 15 is 0 Å². The number of hydrazone groups is 1. The number of non-ortho nitro benzene ring substituents is 1. The molecule has 0 fully saturated rings. The van der Waals surface area contributed by atoms with Crippen molar-refractivity contribution in [3.8, 4) is 5.75 Å². The lowest BCUT2D eigenvalue weighted by molar-refractivity contribution is -0.384. The van der Waals surface area contributed by atoms with Crippen LogP contribution < -0.4 is 4.74 Å². The highest BCUT2D eigenvalue weighted by Gasteiger charge is 2.54. The number of nitrogens with zero attached hydrogens (tertiary/aromatic N) is 3. The molecule has 1 aromatic rings. The number of alkyl halides is 4. The zero-order chi connectivity index (χ0) is 19.6. The van der Waals surface area contributed by atoms with Crippen molar-refractivity contribution in [3.05, 3.63) is 34.4 Å². The van der Waals surface area contributed by atoms with Gasteiger partial charge >= 0.3 is 0 Å². The van der Waals surface area contributed by atoms with Crippen molar-refractivity contribution < 1.29 is 37.1 Å². The van der Waals surface area contributed by atoms with E-state index in [9.17, 15) is 37.6 Å². The van der Waals surface area contributed by atoms with Crippen LogP contribution in [0.5, 0.6) is 5.75 Å². The minimum absolute atomic E-state index is 0.00528. The van der Waals surface area contributed by atoms with Crippen LogP contribution in [-0.2, 0) is 4.79 Å². The number of nitro groups is 1. The number of nitro benzene ring substituents is 1. The van der Waals surface area contributed by atoms with Gasteiger partial charge in [-0.25, -0.2) is 17.6 Å². The fraction of sp³-hybridized carbons (Fsp3) is 0.429. The van der Waals surface area contributed by atoms with Crippen LogP contribution in [0.3, 0.4) is 0 Å².